The summed E-state index contributed by atoms with van der Waals surface area (Å²) >= 11 is 0. The SMILES string of the molecule is C[C@H](c1ccccc1NCc1ccccc1)N(C)C. The van der Waals surface area contributed by atoms with E-state index < -0.39 is 0 Å². The maximum Gasteiger partial charge on any atom is 0.0400 e. The van der Waals surface area contributed by atoms with Crippen LogP contribution in [0.3, 0.4) is 0 Å². The van der Waals surface area contributed by atoms with E-state index in [0.29, 0.717) is 6.04 Å². The van der Waals surface area contributed by atoms with Crippen LogP contribution in [-0.2, 0) is 6.54 Å². The first-order valence-corrected chi connectivity index (χ1v) is 6.71. The highest BCUT2D eigenvalue weighted by molar-refractivity contribution is 5.52. The van der Waals surface area contributed by atoms with Gasteiger partial charge in [-0.1, -0.05) is 48.5 Å². The van der Waals surface area contributed by atoms with Gasteiger partial charge < -0.3 is 10.2 Å². The van der Waals surface area contributed by atoms with Crippen LogP contribution < -0.4 is 5.32 Å². The average molecular weight is 254 g/mol. The van der Waals surface area contributed by atoms with Gasteiger partial charge in [0.05, 0.1) is 0 Å². The Morgan fingerprint density at radius 1 is 0.947 bits per heavy atom. The third-order valence-electron chi connectivity index (χ3n) is 3.51. The van der Waals surface area contributed by atoms with Crippen LogP contribution in [0.25, 0.3) is 0 Å². The van der Waals surface area contributed by atoms with Crippen molar-refractivity contribution in [1.29, 1.82) is 0 Å². The van der Waals surface area contributed by atoms with Gasteiger partial charge in [0, 0.05) is 18.3 Å². The molecule has 0 saturated carbocycles. The predicted molar refractivity (Wildman–Crippen MR) is 82.3 cm³/mol. The highest BCUT2D eigenvalue weighted by atomic mass is 15.1. The van der Waals surface area contributed by atoms with E-state index in [0.717, 1.165) is 6.54 Å². The molecule has 1 atom stereocenters. The molecule has 0 unspecified atom stereocenters. The lowest BCUT2D eigenvalue weighted by Gasteiger charge is -2.23. The van der Waals surface area contributed by atoms with Crippen LogP contribution in [0, 0.1) is 0 Å². The van der Waals surface area contributed by atoms with Gasteiger partial charge >= 0.3 is 0 Å². The molecule has 0 bridgehead atoms. The molecule has 0 radical (unpaired) electrons. The first kappa shape index (κ1) is 13.6. The number of benzene rings is 2. The molecule has 2 heteroatoms. The van der Waals surface area contributed by atoms with Crippen molar-refractivity contribution in [2.24, 2.45) is 0 Å². The number of nitrogens with zero attached hydrogens (tertiary/aromatic N) is 1. The van der Waals surface area contributed by atoms with Gasteiger partial charge in [0.2, 0.25) is 0 Å². The largest absolute Gasteiger partial charge is 0.381 e. The summed E-state index contributed by atoms with van der Waals surface area (Å²) in [7, 11) is 4.22. The van der Waals surface area contributed by atoms with Crippen LogP contribution in [0.15, 0.2) is 54.6 Å². The summed E-state index contributed by atoms with van der Waals surface area (Å²) in [6, 6.07) is 19.4. The molecule has 0 aliphatic rings. The van der Waals surface area contributed by atoms with Crippen LogP contribution in [0.2, 0.25) is 0 Å². The Hall–Kier alpha value is -1.80. The number of para-hydroxylation sites is 1. The Bertz CT molecular complexity index is 506. The molecule has 2 aromatic rings. The molecule has 0 amide bonds. The predicted octanol–water partition coefficient (Wildman–Crippen LogP) is 3.92. The van der Waals surface area contributed by atoms with Crippen LogP contribution in [0.4, 0.5) is 5.69 Å². The third kappa shape index (κ3) is 3.58. The summed E-state index contributed by atoms with van der Waals surface area (Å²) in [5.41, 5.74) is 3.85. The highest BCUT2D eigenvalue weighted by Crippen LogP contribution is 2.25. The molecule has 100 valence electrons. The van der Waals surface area contributed by atoms with E-state index in [1.165, 1.54) is 16.8 Å². The standard InChI is InChI=1S/C17H22N2/c1-14(19(2)3)16-11-7-8-12-17(16)18-13-15-9-5-4-6-10-15/h4-12,14,18H,13H2,1-3H3/t14-/m1/s1. The van der Waals surface area contributed by atoms with E-state index in [9.17, 15) is 0 Å². The second kappa shape index (κ2) is 6.39. The van der Waals surface area contributed by atoms with Gasteiger partial charge in [-0.25, -0.2) is 0 Å². The monoisotopic (exact) mass is 254 g/mol. The fourth-order valence-corrected chi connectivity index (χ4v) is 2.09. The van der Waals surface area contributed by atoms with Crippen molar-refractivity contribution < 1.29 is 0 Å². The van der Waals surface area contributed by atoms with Crippen molar-refractivity contribution in [3.63, 3.8) is 0 Å². The molecule has 19 heavy (non-hydrogen) atoms. The number of rotatable bonds is 5. The molecule has 2 nitrogen and oxygen atoms in total. The number of nitrogens with one attached hydrogen (secondary N) is 1. The first-order valence-electron chi connectivity index (χ1n) is 6.71. The van der Waals surface area contributed by atoms with Crippen LogP contribution in [0.5, 0.6) is 0 Å². The summed E-state index contributed by atoms with van der Waals surface area (Å²) in [4.78, 5) is 2.23. The van der Waals surface area contributed by atoms with E-state index in [1.54, 1.807) is 0 Å². The van der Waals surface area contributed by atoms with Crippen molar-refractivity contribution in [3.8, 4) is 0 Å². The van der Waals surface area contributed by atoms with Crippen molar-refractivity contribution in [2.75, 3.05) is 19.4 Å². The second-order valence-electron chi connectivity index (χ2n) is 5.07. The highest BCUT2D eigenvalue weighted by Gasteiger charge is 2.11. The Labute approximate surface area is 116 Å². The Morgan fingerprint density at radius 2 is 1.58 bits per heavy atom. The number of hydrogen-bond donors (Lipinski definition) is 1. The van der Waals surface area contributed by atoms with Crippen molar-refractivity contribution >= 4 is 5.69 Å². The molecule has 0 spiro atoms. The van der Waals surface area contributed by atoms with E-state index in [2.05, 4.69) is 79.8 Å². The van der Waals surface area contributed by atoms with Crippen molar-refractivity contribution in [1.82, 2.24) is 4.90 Å². The normalized spacial score (nSPS) is 12.4. The fourth-order valence-electron chi connectivity index (χ4n) is 2.09. The topological polar surface area (TPSA) is 15.3 Å². The summed E-state index contributed by atoms with van der Waals surface area (Å²) in [5, 5.41) is 3.54. The quantitative estimate of drug-likeness (QED) is 0.870. The lowest BCUT2D eigenvalue weighted by atomic mass is 10.0. The lowest BCUT2D eigenvalue weighted by molar-refractivity contribution is 0.322. The minimum Gasteiger partial charge on any atom is -0.381 e. The smallest absolute Gasteiger partial charge is 0.0400 e. The zero-order chi connectivity index (χ0) is 13.7. The molecule has 0 aliphatic carbocycles. The van der Waals surface area contributed by atoms with Crippen molar-refractivity contribution in [3.05, 3.63) is 65.7 Å². The molecule has 0 aromatic heterocycles. The van der Waals surface area contributed by atoms with E-state index >= 15 is 0 Å². The van der Waals surface area contributed by atoms with E-state index in [4.69, 9.17) is 0 Å². The molecule has 0 aliphatic heterocycles. The molecule has 0 fully saturated rings. The maximum atomic E-state index is 3.54. The van der Waals surface area contributed by atoms with Gasteiger partial charge in [0.1, 0.15) is 0 Å². The molecule has 2 rings (SSSR count). The number of hydrogen-bond acceptors (Lipinski definition) is 2. The van der Waals surface area contributed by atoms with Gasteiger partial charge in [0.25, 0.3) is 0 Å². The summed E-state index contributed by atoms with van der Waals surface area (Å²) in [6.07, 6.45) is 0. The Morgan fingerprint density at radius 3 is 2.26 bits per heavy atom. The molecule has 0 saturated heterocycles. The zero-order valence-corrected chi connectivity index (χ0v) is 11.9. The van der Waals surface area contributed by atoms with Crippen LogP contribution in [-0.4, -0.2) is 19.0 Å². The molecule has 1 N–H and O–H groups in total. The van der Waals surface area contributed by atoms with E-state index in [-0.39, 0.29) is 0 Å². The summed E-state index contributed by atoms with van der Waals surface area (Å²) in [6.45, 7) is 3.08. The third-order valence-corrected chi connectivity index (χ3v) is 3.51. The lowest BCUT2D eigenvalue weighted by Crippen LogP contribution is -2.18. The van der Waals surface area contributed by atoms with E-state index in [1.807, 2.05) is 6.07 Å². The minimum atomic E-state index is 0.402. The summed E-state index contributed by atoms with van der Waals surface area (Å²) < 4.78 is 0. The minimum absolute atomic E-state index is 0.402. The van der Waals surface area contributed by atoms with Gasteiger partial charge in [-0.05, 0) is 38.2 Å². The maximum absolute atomic E-state index is 3.54. The summed E-state index contributed by atoms with van der Waals surface area (Å²) in [5.74, 6) is 0. The van der Waals surface area contributed by atoms with Crippen LogP contribution >= 0.6 is 0 Å². The molecular formula is C17H22N2. The van der Waals surface area contributed by atoms with Crippen LogP contribution in [0.1, 0.15) is 24.1 Å². The Balaban J connectivity index is 2.12. The van der Waals surface area contributed by atoms with Gasteiger partial charge in [0.15, 0.2) is 0 Å². The second-order valence-corrected chi connectivity index (χ2v) is 5.07. The Kier molecular flexibility index (Phi) is 4.58. The number of anilines is 1. The molecule has 0 heterocycles. The molecular weight excluding hydrogens is 232 g/mol. The molecule has 2 aromatic carbocycles. The fraction of sp³-hybridized carbons (Fsp3) is 0.294. The zero-order valence-electron chi connectivity index (χ0n) is 11.9. The van der Waals surface area contributed by atoms with Gasteiger partial charge in [-0.2, -0.15) is 0 Å². The van der Waals surface area contributed by atoms with Gasteiger partial charge in [-0.3, -0.25) is 0 Å². The van der Waals surface area contributed by atoms with Crippen molar-refractivity contribution in [2.45, 2.75) is 19.5 Å². The average Bonchev–Trinajstić information content (AvgIpc) is 2.45. The first-order chi connectivity index (χ1) is 9.18. The van der Waals surface area contributed by atoms with Gasteiger partial charge in [-0.15, -0.1) is 0 Å².